The molecule has 0 saturated heterocycles. The second-order valence-corrected chi connectivity index (χ2v) is 6.67. The van der Waals surface area contributed by atoms with Crippen molar-refractivity contribution in [2.24, 2.45) is 0 Å². The summed E-state index contributed by atoms with van der Waals surface area (Å²) >= 11 is 2.92. The summed E-state index contributed by atoms with van der Waals surface area (Å²) < 4.78 is 52.4. The Labute approximate surface area is 119 Å². The highest BCUT2D eigenvalue weighted by Gasteiger charge is 2.17. The molecule has 0 spiro atoms. The molecule has 0 aromatic heterocycles. The topological polar surface area (TPSA) is 58.2 Å². The summed E-state index contributed by atoms with van der Waals surface area (Å²) in [5.41, 5.74) is -0.654. The molecule has 0 unspecified atom stereocenters. The molecule has 19 heavy (non-hydrogen) atoms. The quantitative estimate of drug-likeness (QED) is 0.737. The maximum atomic E-state index is 13.5. The summed E-state index contributed by atoms with van der Waals surface area (Å²) in [6.45, 7) is 2.87. The minimum absolute atomic E-state index is 0.204. The Balaban J connectivity index is 2.73. The van der Waals surface area contributed by atoms with Gasteiger partial charge >= 0.3 is 0 Å². The fourth-order valence-corrected chi connectivity index (χ4v) is 2.78. The van der Waals surface area contributed by atoms with Crippen LogP contribution in [0.15, 0.2) is 16.6 Å². The van der Waals surface area contributed by atoms with Gasteiger partial charge in [-0.2, -0.15) is 0 Å². The van der Waals surface area contributed by atoms with E-state index in [1.165, 1.54) is 0 Å². The van der Waals surface area contributed by atoms with Gasteiger partial charge in [-0.3, -0.25) is 4.72 Å². The van der Waals surface area contributed by atoms with E-state index >= 15 is 0 Å². The van der Waals surface area contributed by atoms with Gasteiger partial charge < -0.3 is 5.32 Å². The first kappa shape index (κ1) is 16.3. The van der Waals surface area contributed by atoms with Gasteiger partial charge in [-0.05, 0) is 25.1 Å². The van der Waals surface area contributed by atoms with Gasteiger partial charge in [0, 0.05) is 11.0 Å². The molecule has 2 N–H and O–H groups in total. The van der Waals surface area contributed by atoms with Crippen LogP contribution >= 0.6 is 15.9 Å². The predicted molar refractivity (Wildman–Crippen MR) is 74.6 cm³/mol. The Morgan fingerprint density at radius 3 is 2.32 bits per heavy atom. The molecule has 0 saturated carbocycles. The lowest BCUT2D eigenvalue weighted by molar-refractivity contribution is 0.580. The molecule has 0 amide bonds. The Bertz CT molecular complexity index is 514. The van der Waals surface area contributed by atoms with Gasteiger partial charge in [-0.1, -0.05) is 22.9 Å². The van der Waals surface area contributed by atoms with Crippen molar-refractivity contribution in [2.45, 2.75) is 13.3 Å². The van der Waals surface area contributed by atoms with Crippen molar-refractivity contribution in [3.8, 4) is 0 Å². The van der Waals surface area contributed by atoms with E-state index in [9.17, 15) is 17.2 Å². The molecule has 0 fully saturated rings. The van der Waals surface area contributed by atoms with Crippen LogP contribution in [0.2, 0.25) is 0 Å². The van der Waals surface area contributed by atoms with E-state index < -0.39 is 27.3 Å². The number of nitrogens with one attached hydrogen (secondary N) is 2. The maximum absolute atomic E-state index is 13.5. The van der Waals surface area contributed by atoms with Crippen LogP contribution in [0.25, 0.3) is 0 Å². The van der Waals surface area contributed by atoms with Crippen molar-refractivity contribution in [1.29, 1.82) is 0 Å². The number of sulfonamides is 1. The van der Waals surface area contributed by atoms with Gasteiger partial charge in [-0.15, -0.1) is 0 Å². The number of hydrogen-bond donors (Lipinski definition) is 2. The van der Waals surface area contributed by atoms with Crippen molar-refractivity contribution < 1.29 is 17.2 Å². The van der Waals surface area contributed by atoms with Gasteiger partial charge in [0.2, 0.25) is 10.0 Å². The first-order valence-corrected chi connectivity index (χ1v) is 8.16. The van der Waals surface area contributed by atoms with E-state index in [0.717, 1.165) is 18.6 Å². The van der Waals surface area contributed by atoms with Gasteiger partial charge in [0.1, 0.15) is 5.69 Å². The van der Waals surface area contributed by atoms with Crippen LogP contribution in [-0.2, 0) is 10.0 Å². The van der Waals surface area contributed by atoms with Crippen molar-refractivity contribution in [3.05, 3.63) is 28.2 Å². The van der Waals surface area contributed by atoms with E-state index in [1.807, 2.05) is 11.6 Å². The molecule has 8 heteroatoms. The number of rotatable bonds is 7. The molecule has 0 bridgehead atoms. The number of hydrogen-bond acceptors (Lipinski definition) is 3. The van der Waals surface area contributed by atoms with Crippen LogP contribution in [0.1, 0.15) is 13.3 Å². The number of anilines is 1. The summed E-state index contributed by atoms with van der Waals surface area (Å²) in [6.07, 6.45) is 0.878. The number of halogens is 3. The largest absolute Gasteiger partial charge is 0.316 e. The van der Waals surface area contributed by atoms with E-state index in [2.05, 4.69) is 21.2 Å². The van der Waals surface area contributed by atoms with Crippen LogP contribution in [0.3, 0.4) is 0 Å². The molecule has 0 aliphatic rings. The molecule has 1 aromatic rings. The first-order valence-electron chi connectivity index (χ1n) is 5.71. The summed E-state index contributed by atoms with van der Waals surface area (Å²) in [6, 6.07) is 1.99. The molecule has 0 aliphatic heterocycles. The monoisotopic (exact) mass is 356 g/mol. The van der Waals surface area contributed by atoms with Gasteiger partial charge in [0.15, 0.2) is 11.6 Å². The molecule has 0 heterocycles. The fraction of sp³-hybridized carbons (Fsp3) is 0.455. The van der Waals surface area contributed by atoms with Crippen molar-refractivity contribution in [1.82, 2.24) is 5.32 Å². The van der Waals surface area contributed by atoms with Crippen molar-refractivity contribution in [3.63, 3.8) is 0 Å². The highest BCUT2D eigenvalue weighted by atomic mass is 79.9. The van der Waals surface area contributed by atoms with Gasteiger partial charge in [0.05, 0.1) is 5.75 Å². The zero-order chi connectivity index (χ0) is 14.5. The molecule has 108 valence electrons. The molecule has 1 rings (SSSR count). The first-order chi connectivity index (χ1) is 8.85. The lowest BCUT2D eigenvalue weighted by atomic mass is 10.3. The third-order valence-corrected chi connectivity index (χ3v) is 3.95. The normalized spacial score (nSPS) is 11.6. The average Bonchev–Trinajstić information content (AvgIpc) is 2.29. The van der Waals surface area contributed by atoms with E-state index in [-0.39, 0.29) is 16.8 Å². The maximum Gasteiger partial charge on any atom is 0.234 e. The summed E-state index contributed by atoms with van der Waals surface area (Å²) in [4.78, 5) is 0. The third-order valence-electron chi connectivity index (χ3n) is 2.24. The fourth-order valence-electron chi connectivity index (χ4n) is 1.35. The molecular formula is C11H15BrF2N2O2S. The number of benzene rings is 1. The standard InChI is InChI=1S/C11H15BrF2N2O2S/c1-2-3-15-4-5-19(17,18)16-11-9(13)6-8(12)7-10(11)14/h6-7,15-16H,2-5H2,1H3. The smallest absolute Gasteiger partial charge is 0.234 e. The highest BCUT2D eigenvalue weighted by molar-refractivity contribution is 9.10. The summed E-state index contributed by atoms with van der Waals surface area (Å²) in [5, 5.41) is 2.90. The highest BCUT2D eigenvalue weighted by Crippen LogP contribution is 2.24. The molecule has 0 aliphatic carbocycles. The molecular weight excluding hydrogens is 342 g/mol. The summed E-state index contributed by atoms with van der Waals surface area (Å²) in [5.74, 6) is -2.17. The Morgan fingerprint density at radius 2 is 1.79 bits per heavy atom. The molecule has 1 aromatic carbocycles. The Hall–Kier alpha value is -0.730. The van der Waals surface area contributed by atoms with E-state index in [0.29, 0.717) is 6.54 Å². The van der Waals surface area contributed by atoms with Crippen LogP contribution < -0.4 is 10.0 Å². The molecule has 0 radical (unpaired) electrons. The van der Waals surface area contributed by atoms with E-state index in [4.69, 9.17) is 0 Å². The Kier molecular flexibility index (Phi) is 6.15. The molecule has 0 atom stereocenters. The average molecular weight is 357 g/mol. The zero-order valence-electron chi connectivity index (χ0n) is 10.3. The van der Waals surface area contributed by atoms with Crippen molar-refractivity contribution in [2.75, 3.05) is 23.6 Å². The van der Waals surface area contributed by atoms with E-state index in [1.54, 1.807) is 0 Å². The van der Waals surface area contributed by atoms with Crippen LogP contribution in [0, 0.1) is 11.6 Å². The van der Waals surface area contributed by atoms with Crippen LogP contribution in [-0.4, -0.2) is 27.3 Å². The lowest BCUT2D eigenvalue weighted by Gasteiger charge is -2.10. The molecule has 4 nitrogen and oxygen atoms in total. The van der Waals surface area contributed by atoms with Crippen molar-refractivity contribution >= 4 is 31.6 Å². The minimum Gasteiger partial charge on any atom is -0.316 e. The predicted octanol–water partition coefficient (Wildman–Crippen LogP) is 2.47. The zero-order valence-corrected chi connectivity index (χ0v) is 12.7. The summed E-state index contributed by atoms with van der Waals surface area (Å²) in [7, 11) is -3.78. The lowest BCUT2D eigenvalue weighted by Crippen LogP contribution is -2.27. The Morgan fingerprint density at radius 1 is 1.21 bits per heavy atom. The SMILES string of the molecule is CCCNCCS(=O)(=O)Nc1c(F)cc(Br)cc1F. The third kappa shape index (κ3) is 5.42. The van der Waals surface area contributed by atoms with Crippen LogP contribution in [0.4, 0.5) is 14.5 Å². The van der Waals surface area contributed by atoms with Crippen LogP contribution in [0.5, 0.6) is 0 Å². The second-order valence-electron chi connectivity index (χ2n) is 3.92. The van der Waals surface area contributed by atoms with Gasteiger partial charge in [-0.25, -0.2) is 17.2 Å². The second kappa shape index (κ2) is 7.16. The van der Waals surface area contributed by atoms with Gasteiger partial charge in [0.25, 0.3) is 0 Å². The minimum atomic E-state index is -3.78.